The molecule has 2 aliphatic rings. The van der Waals surface area contributed by atoms with E-state index in [0.29, 0.717) is 9.91 Å². The molecule has 1 atom stereocenters. The molecule has 1 fully saturated rings. The van der Waals surface area contributed by atoms with Gasteiger partial charge in [-0.15, -0.1) is 5.92 Å². The Bertz CT molecular complexity index is 884. The van der Waals surface area contributed by atoms with Crippen LogP contribution < -0.4 is 5.73 Å². The summed E-state index contributed by atoms with van der Waals surface area (Å²) in [7, 11) is 0. The normalized spacial score (nSPS) is 24.2. The van der Waals surface area contributed by atoms with Gasteiger partial charge in [-0.1, -0.05) is 17.7 Å². The van der Waals surface area contributed by atoms with Gasteiger partial charge < -0.3 is 5.73 Å². The van der Waals surface area contributed by atoms with Crippen LogP contribution in [0, 0.1) is 11.8 Å². The number of pyridine rings is 1. The van der Waals surface area contributed by atoms with Gasteiger partial charge in [0.1, 0.15) is 0 Å². The van der Waals surface area contributed by atoms with Gasteiger partial charge >= 0.3 is 0 Å². The Morgan fingerprint density at radius 3 is 2.88 bits per heavy atom. The molecule has 0 radical (unpaired) electrons. The van der Waals surface area contributed by atoms with Crippen LogP contribution >= 0.6 is 11.8 Å². The number of hydrogen-bond donors (Lipinski definition) is 1. The summed E-state index contributed by atoms with van der Waals surface area (Å²) in [6.07, 6.45) is 10.9. The first-order valence-electron chi connectivity index (χ1n) is 8.00. The van der Waals surface area contributed by atoms with E-state index in [1.165, 1.54) is 12.8 Å². The van der Waals surface area contributed by atoms with Crippen LogP contribution in [0.1, 0.15) is 44.2 Å². The first-order valence-corrected chi connectivity index (χ1v) is 8.81. The average Bonchev–Trinajstić information content (AvgIpc) is 3.08. The Morgan fingerprint density at radius 1 is 1.29 bits per heavy atom. The number of nitrogens with two attached hydrogens (primary N) is 1. The molecule has 1 aliphatic carbocycles. The molecule has 6 heteroatoms. The molecule has 4 rings (SSSR count). The van der Waals surface area contributed by atoms with Gasteiger partial charge in [-0.2, -0.15) is 5.10 Å². The zero-order chi connectivity index (χ0) is 16.8. The van der Waals surface area contributed by atoms with Gasteiger partial charge in [-0.25, -0.2) is 4.68 Å². The van der Waals surface area contributed by atoms with Crippen molar-refractivity contribution < 1.29 is 0 Å². The predicted molar refractivity (Wildman–Crippen MR) is 97.1 cm³/mol. The highest BCUT2D eigenvalue weighted by atomic mass is 32.2. The summed E-state index contributed by atoms with van der Waals surface area (Å²) in [5, 5.41) is 5.20. The quantitative estimate of drug-likeness (QED) is 0.856. The third-order valence-corrected chi connectivity index (χ3v) is 5.90. The van der Waals surface area contributed by atoms with Crippen molar-refractivity contribution in [3.8, 4) is 17.5 Å². The zero-order valence-corrected chi connectivity index (χ0v) is 14.6. The van der Waals surface area contributed by atoms with Crippen LogP contribution in [0.5, 0.6) is 0 Å². The van der Waals surface area contributed by atoms with Gasteiger partial charge in [0.15, 0.2) is 5.17 Å². The van der Waals surface area contributed by atoms with Crippen LogP contribution in [0.2, 0.25) is 0 Å². The minimum atomic E-state index is -0.307. The molecule has 0 amide bonds. The van der Waals surface area contributed by atoms with Crippen molar-refractivity contribution in [1.82, 2.24) is 14.8 Å². The molecular weight excluding hydrogens is 318 g/mol. The van der Waals surface area contributed by atoms with Crippen LogP contribution in [0.25, 0.3) is 5.69 Å². The Hall–Kier alpha value is -2.26. The van der Waals surface area contributed by atoms with Crippen molar-refractivity contribution in [2.75, 3.05) is 0 Å². The van der Waals surface area contributed by atoms with E-state index in [1.54, 1.807) is 24.2 Å². The molecule has 1 aliphatic heterocycles. The van der Waals surface area contributed by atoms with Gasteiger partial charge in [0.05, 0.1) is 23.6 Å². The Morgan fingerprint density at radius 2 is 2.12 bits per heavy atom. The van der Waals surface area contributed by atoms with E-state index in [0.717, 1.165) is 23.2 Å². The van der Waals surface area contributed by atoms with Crippen molar-refractivity contribution in [1.29, 1.82) is 0 Å². The van der Waals surface area contributed by atoms with Crippen LogP contribution in [0.3, 0.4) is 0 Å². The lowest BCUT2D eigenvalue weighted by molar-refractivity contribution is 0.438. The van der Waals surface area contributed by atoms with Gasteiger partial charge in [-0.05, 0) is 39.2 Å². The fraction of sp³-hybridized carbons (Fsp3) is 0.389. The van der Waals surface area contributed by atoms with Crippen molar-refractivity contribution in [2.45, 2.75) is 43.4 Å². The van der Waals surface area contributed by atoms with Crippen LogP contribution in [-0.4, -0.2) is 24.7 Å². The summed E-state index contributed by atoms with van der Waals surface area (Å²) >= 11 is 1.74. The number of aliphatic imine (C=N–C) groups is 1. The summed E-state index contributed by atoms with van der Waals surface area (Å²) in [5.74, 6) is 5.92. The second-order valence-corrected chi connectivity index (χ2v) is 8.15. The standard InChI is InChI=1S/C18H19N5S/c1-3-4-13-7-15(10-20-8-13)23-11-14(9-21-23)17(2)12-18(5-6-18)24-16(19)22-17/h7-11H,5-6,12H2,1-2H3,(H2,19,22). The maximum atomic E-state index is 6.09. The number of amidine groups is 1. The Balaban J connectivity index is 1.68. The van der Waals surface area contributed by atoms with E-state index >= 15 is 0 Å². The molecule has 2 aromatic heterocycles. The minimum absolute atomic E-state index is 0.293. The average molecular weight is 337 g/mol. The van der Waals surface area contributed by atoms with Crippen molar-refractivity contribution in [2.24, 2.45) is 10.7 Å². The summed E-state index contributed by atoms with van der Waals surface area (Å²) in [6.45, 7) is 3.97. The van der Waals surface area contributed by atoms with Crippen molar-refractivity contribution in [3.63, 3.8) is 0 Å². The highest BCUT2D eigenvalue weighted by Gasteiger charge is 2.52. The molecule has 2 aromatic rings. The molecule has 1 spiro atoms. The van der Waals surface area contributed by atoms with Crippen LogP contribution in [0.4, 0.5) is 0 Å². The molecule has 1 unspecified atom stereocenters. The van der Waals surface area contributed by atoms with E-state index in [4.69, 9.17) is 10.7 Å². The van der Waals surface area contributed by atoms with Crippen LogP contribution in [0.15, 0.2) is 35.8 Å². The number of hydrogen-bond acceptors (Lipinski definition) is 5. The molecule has 1 saturated carbocycles. The Kier molecular flexibility index (Phi) is 3.43. The second-order valence-electron chi connectivity index (χ2n) is 6.67. The van der Waals surface area contributed by atoms with E-state index < -0.39 is 0 Å². The maximum Gasteiger partial charge on any atom is 0.155 e. The van der Waals surface area contributed by atoms with Gasteiger partial charge in [0.25, 0.3) is 0 Å². The predicted octanol–water partition coefficient (Wildman–Crippen LogP) is 2.84. The fourth-order valence-electron chi connectivity index (χ4n) is 3.28. The summed E-state index contributed by atoms with van der Waals surface area (Å²) in [6, 6.07) is 1.99. The first-order chi connectivity index (χ1) is 11.5. The topological polar surface area (TPSA) is 69.1 Å². The number of aromatic nitrogens is 3. The number of thioether (sulfide) groups is 1. The molecule has 0 aromatic carbocycles. The van der Waals surface area contributed by atoms with Gasteiger partial charge in [-0.3, -0.25) is 9.98 Å². The summed E-state index contributed by atoms with van der Waals surface area (Å²) < 4.78 is 2.13. The third-order valence-electron chi connectivity index (χ3n) is 4.61. The zero-order valence-electron chi connectivity index (χ0n) is 13.8. The molecule has 2 N–H and O–H groups in total. The lowest BCUT2D eigenvalue weighted by Gasteiger charge is -2.33. The molecule has 122 valence electrons. The Labute approximate surface area is 145 Å². The summed E-state index contributed by atoms with van der Waals surface area (Å²) in [5.41, 5.74) is 8.65. The van der Waals surface area contributed by atoms with Crippen LogP contribution in [-0.2, 0) is 5.54 Å². The number of nitrogens with zero attached hydrogens (tertiary/aromatic N) is 4. The molecule has 0 bridgehead atoms. The molecule has 0 saturated heterocycles. The molecule has 5 nitrogen and oxygen atoms in total. The van der Waals surface area contributed by atoms with Gasteiger partial charge in [0.2, 0.25) is 0 Å². The summed E-state index contributed by atoms with van der Waals surface area (Å²) in [4.78, 5) is 8.99. The molecule has 3 heterocycles. The molecule has 24 heavy (non-hydrogen) atoms. The molecular formula is C18H19N5S. The maximum absolute atomic E-state index is 6.09. The van der Waals surface area contributed by atoms with E-state index in [1.807, 2.05) is 30.1 Å². The highest BCUT2D eigenvalue weighted by Crippen LogP contribution is 2.58. The lowest BCUT2D eigenvalue weighted by atomic mass is 9.89. The smallest absolute Gasteiger partial charge is 0.155 e. The minimum Gasteiger partial charge on any atom is -0.378 e. The fourth-order valence-corrected chi connectivity index (χ4v) is 4.63. The van der Waals surface area contributed by atoms with Crippen molar-refractivity contribution >= 4 is 16.9 Å². The van der Waals surface area contributed by atoms with E-state index in [2.05, 4.69) is 28.8 Å². The van der Waals surface area contributed by atoms with Gasteiger partial charge in [0, 0.05) is 28.3 Å². The second kappa shape index (κ2) is 5.38. The van der Waals surface area contributed by atoms with Crippen molar-refractivity contribution in [3.05, 3.63) is 42.0 Å². The first kappa shape index (κ1) is 15.3. The lowest BCUT2D eigenvalue weighted by Crippen LogP contribution is -2.34. The van der Waals surface area contributed by atoms with E-state index in [-0.39, 0.29) is 5.54 Å². The van der Waals surface area contributed by atoms with E-state index in [9.17, 15) is 0 Å². The highest BCUT2D eigenvalue weighted by molar-refractivity contribution is 8.15. The SMILES string of the molecule is CC#Cc1cncc(-n2cc(C3(C)CC4(CC4)SC(N)=N3)cn2)c1. The monoisotopic (exact) mass is 337 g/mol. The third kappa shape index (κ3) is 2.69. The number of rotatable bonds is 2. The largest absolute Gasteiger partial charge is 0.378 e.